The fraction of sp³-hybridized carbons (Fsp3) is 0.250. The number of aromatic hydroxyl groups is 1. The van der Waals surface area contributed by atoms with Gasteiger partial charge >= 0.3 is 0 Å². The summed E-state index contributed by atoms with van der Waals surface area (Å²) in [6, 6.07) is 10.3. The van der Waals surface area contributed by atoms with Crippen LogP contribution in [0, 0.1) is 10.1 Å². The molecule has 3 rings (SSSR count). The third-order valence-corrected chi connectivity index (χ3v) is 6.50. The second-order valence-corrected chi connectivity index (χ2v) is 8.51. The molecule has 0 amide bonds. The molecule has 1 fully saturated rings. The monoisotopic (exact) mass is 415 g/mol. The van der Waals surface area contributed by atoms with Crippen LogP contribution in [-0.2, 0) is 10.0 Å². The van der Waals surface area contributed by atoms with Crippen LogP contribution in [0.3, 0.4) is 0 Å². The second kappa shape index (κ2) is 8.97. The molecule has 0 atom stereocenters. The molecule has 0 unspecified atom stereocenters. The molecule has 2 aromatic carbocycles. The van der Waals surface area contributed by atoms with Gasteiger partial charge in [0.2, 0.25) is 10.0 Å². The first kappa shape index (κ1) is 20.7. The van der Waals surface area contributed by atoms with E-state index in [0.717, 1.165) is 19.3 Å². The first-order valence-electron chi connectivity index (χ1n) is 9.17. The van der Waals surface area contributed by atoms with Crippen molar-refractivity contribution in [2.75, 3.05) is 13.1 Å². The summed E-state index contributed by atoms with van der Waals surface area (Å²) >= 11 is 0. The van der Waals surface area contributed by atoms with Crippen molar-refractivity contribution in [3.05, 3.63) is 64.2 Å². The summed E-state index contributed by atoms with van der Waals surface area (Å²) < 4.78 is 27.0. The SMILES string of the molecule is O=[N+]([O-])c1ccccc1/C=C/C=Nc1cc(S(=O)(=O)N2CCCCC2)ccc1O. The van der Waals surface area contributed by atoms with E-state index in [1.54, 1.807) is 18.2 Å². The van der Waals surface area contributed by atoms with Crippen LogP contribution in [0.2, 0.25) is 0 Å². The van der Waals surface area contributed by atoms with E-state index < -0.39 is 14.9 Å². The molecule has 0 spiro atoms. The first-order valence-corrected chi connectivity index (χ1v) is 10.6. The summed E-state index contributed by atoms with van der Waals surface area (Å²) in [6.07, 6.45) is 7.05. The fourth-order valence-electron chi connectivity index (χ4n) is 3.09. The van der Waals surface area contributed by atoms with Gasteiger partial charge in [-0.15, -0.1) is 0 Å². The lowest BCUT2D eigenvalue weighted by Crippen LogP contribution is -2.35. The lowest BCUT2D eigenvalue weighted by molar-refractivity contribution is -0.385. The molecule has 29 heavy (non-hydrogen) atoms. The smallest absolute Gasteiger partial charge is 0.276 e. The van der Waals surface area contributed by atoms with Gasteiger partial charge in [0.05, 0.1) is 15.4 Å². The van der Waals surface area contributed by atoms with Crippen LogP contribution in [-0.4, -0.2) is 42.1 Å². The third-order valence-electron chi connectivity index (χ3n) is 4.61. The molecule has 152 valence electrons. The van der Waals surface area contributed by atoms with Gasteiger partial charge < -0.3 is 5.11 Å². The molecule has 2 aromatic rings. The summed E-state index contributed by atoms with van der Waals surface area (Å²) in [5, 5.41) is 21.0. The standard InChI is InChI=1S/C20H21N3O5S/c24-20-11-10-17(29(27,28)22-13-4-1-5-14-22)15-18(20)21-12-6-8-16-7-2-3-9-19(16)23(25)26/h2-3,6-12,15,24H,1,4-5,13-14H2/b8-6+,21-12?. The number of para-hydroxylation sites is 1. The molecule has 0 saturated carbocycles. The highest BCUT2D eigenvalue weighted by molar-refractivity contribution is 7.89. The molecular weight excluding hydrogens is 394 g/mol. The van der Waals surface area contributed by atoms with Crippen LogP contribution < -0.4 is 0 Å². The maximum absolute atomic E-state index is 12.8. The van der Waals surface area contributed by atoms with Crippen molar-refractivity contribution in [2.45, 2.75) is 24.2 Å². The number of hydrogen-bond acceptors (Lipinski definition) is 6. The van der Waals surface area contributed by atoms with Gasteiger partial charge in [-0.05, 0) is 49.3 Å². The average molecular weight is 415 g/mol. The minimum absolute atomic E-state index is 0.0328. The predicted octanol–water partition coefficient (Wildman–Crippen LogP) is 3.89. The Morgan fingerprint density at radius 2 is 1.83 bits per heavy atom. The Kier molecular flexibility index (Phi) is 6.40. The summed E-state index contributed by atoms with van der Waals surface area (Å²) in [6.45, 7) is 0.973. The van der Waals surface area contributed by atoms with Crippen molar-refractivity contribution >= 4 is 33.7 Å². The Hall–Kier alpha value is -3.04. The molecule has 0 aliphatic carbocycles. The number of nitro groups is 1. The molecule has 1 N–H and O–H groups in total. The Morgan fingerprint density at radius 3 is 2.55 bits per heavy atom. The Balaban J connectivity index is 1.81. The van der Waals surface area contributed by atoms with Gasteiger partial charge in [-0.25, -0.2) is 8.42 Å². The van der Waals surface area contributed by atoms with Gasteiger partial charge in [0.15, 0.2) is 0 Å². The quantitative estimate of drug-likeness (QED) is 0.437. The van der Waals surface area contributed by atoms with E-state index in [0.29, 0.717) is 18.7 Å². The molecule has 1 aliphatic heterocycles. The molecule has 9 heteroatoms. The van der Waals surface area contributed by atoms with Crippen molar-refractivity contribution in [3.8, 4) is 5.75 Å². The maximum Gasteiger partial charge on any atom is 0.276 e. The lowest BCUT2D eigenvalue weighted by atomic mass is 10.1. The van der Waals surface area contributed by atoms with Crippen molar-refractivity contribution in [3.63, 3.8) is 0 Å². The number of hydrogen-bond donors (Lipinski definition) is 1. The molecule has 1 saturated heterocycles. The van der Waals surface area contributed by atoms with E-state index in [-0.39, 0.29) is 22.0 Å². The summed E-state index contributed by atoms with van der Waals surface area (Å²) in [4.78, 5) is 14.7. The van der Waals surface area contributed by atoms with Crippen LogP contribution in [0.15, 0.2) is 58.4 Å². The Morgan fingerprint density at radius 1 is 1.10 bits per heavy atom. The average Bonchev–Trinajstić information content (AvgIpc) is 2.73. The molecule has 0 aromatic heterocycles. The normalized spacial score (nSPS) is 15.9. The topological polar surface area (TPSA) is 113 Å². The van der Waals surface area contributed by atoms with Gasteiger partial charge in [0, 0.05) is 25.4 Å². The zero-order valence-corrected chi connectivity index (χ0v) is 16.5. The van der Waals surface area contributed by atoms with Gasteiger partial charge in [0.25, 0.3) is 5.69 Å². The number of sulfonamides is 1. The zero-order chi connectivity index (χ0) is 20.9. The van der Waals surface area contributed by atoms with Crippen LogP contribution in [0.1, 0.15) is 24.8 Å². The minimum Gasteiger partial charge on any atom is -0.506 e. The van der Waals surface area contributed by atoms with Crippen LogP contribution in [0.4, 0.5) is 11.4 Å². The number of phenolic OH excluding ortho intramolecular Hbond substituents is 1. The van der Waals surface area contributed by atoms with E-state index in [2.05, 4.69) is 4.99 Å². The number of aliphatic imine (C=N–C) groups is 1. The van der Waals surface area contributed by atoms with E-state index in [1.807, 2.05) is 0 Å². The van der Waals surface area contributed by atoms with Gasteiger partial charge in [-0.2, -0.15) is 4.31 Å². The molecule has 0 radical (unpaired) electrons. The highest BCUT2D eigenvalue weighted by atomic mass is 32.2. The van der Waals surface area contributed by atoms with Gasteiger partial charge in [-0.1, -0.05) is 18.6 Å². The minimum atomic E-state index is -3.63. The number of rotatable bonds is 6. The molecule has 1 heterocycles. The van der Waals surface area contributed by atoms with Crippen molar-refractivity contribution in [1.82, 2.24) is 4.31 Å². The van der Waals surface area contributed by atoms with E-state index in [1.165, 1.54) is 46.9 Å². The first-order chi connectivity index (χ1) is 13.9. The van der Waals surface area contributed by atoms with Gasteiger partial charge in [-0.3, -0.25) is 15.1 Å². The lowest BCUT2D eigenvalue weighted by Gasteiger charge is -2.25. The number of allylic oxidation sites excluding steroid dienone is 1. The number of phenols is 1. The fourth-order valence-corrected chi connectivity index (χ4v) is 4.62. The maximum atomic E-state index is 12.8. The van der Waals surface area contributed by atoms with Crippen molar-refractivity contribution < 1.29 is 18.4 Å². The van der Waals surface area contributed by atoms with Crippen LogP contribution in [0.25, 0.3) is 6.08 Å². The summed E-state index contributed by atoms with van der Waals surface area (Å²) in [5.41, 5.74) is 0.486. The number of benzene rings is 2. The summed E-state index contributed by atoms with van der Waals surface area (Å²) in [7, 11) is -3.63. The highest BCUT2D eigenvalue weighted by Gasteiger charge is 2.26. The molecule has 1 aliphatic rings. The van der Waals surface area contributed by atoms with E-state index in [9.17, 15) is 23.6 Å². The zero-order valence-electron chi connectivity index (χ0n) is 15.6. The van der Waals surface area contributed by atoms with Crippen LogP contribution >= 0.6 is 0 Å². The second-order valence-electron chi connectivity index (χ2n) is 6.57. The summed E-state index contributed by atoms with van der Waals surface area (Å²) in [5.74, 6) is -0.155. The van der Waals surface area contributed by atoms with Gasteiger partial charge in [0.1, 0.15) is 11.4 Å². The van der Waals surface area contributed by atoms with Crippen LogP contribution in [0.5, 0.6) is 5.75 Å². The highest BCUT2D eigenvalue weighted by Crippen LogP contribution is 2.31. The number of piperidine rings is 1. The van der Waals surface area contributed by atoms with E-state index in [4.69, 9.17) is 0 Å². The van der Waals surface area contributed by atoms with Crippen molar-refractivity contribution in [1.29, 1.82) is 0 Å². The number of nitrogens with zero attached hydrogens (tertiary/aromatic N) is 3. The largest absolute Gasteiger partial charge is 0.506 e. The Labute approximate surface area is 169 Å². The molecule has 0 bridgehead atoms. The van der Waals surface area contributed by atoms with Crippen molar-refractivity contribution in [2.24, 2.45) is 4.99 Å². The predicted molar refractivity (Wildman–Crippen MR) is 111 cm³/mol. The van der Waals surface area contributed by atoms with E-state index >= 15 is 0 Å². The third kappa shape index (κ3) is 4.87. The molecular formula is C20H21N3O5S. The number of nitro benzene ring substituents is 1. The molecule has 8 nitrogen and oxygen atoms in total. The Bertz CT molecular complexity index is 1060.